The Bertz CT molecular complexity index is 1010. The summed E-state index contributed by atoms with van der Waals surface area (Å²) in [5.41, 5.74) is 0.328. The minimum atomic E-state index is -0.868. The van der Waals surface area contributed by atoms with Gasteiger partial charge >= 0.3 is 5.69 Å². The summed E-state index contributed by atoms with van der Waals surface area (Å²) in [5.74, 6) is 0. The van der Waals surface area contributed by atoms with Gasteiger partial charge in [-0.15, -0.1) is 11.3 Å². The molecular formula is C19H18N2O5S. The van der Waals surface area contributed by atoms with E-state index in [9.17, 15) is 14.7 Å². The van der Waals surface area contributed by atoms with Crippen molar-refractivity contribution in [2.45, 2.75) is 25.0 Å². The predicted molar refractivity (Wildman–Crippen MR) is 101 cm³/mol. The van der Waals surface area contributed by atoms with Crippen LogP contribution in [0.1, 0.15) is 11.8 Å². The summed E-state index contributed by atoms with van der Waals surface area (Å²) in [6.07, 6.45) is -0.582. The number of aromatic nitrogens is 2. The molecule has 140 valence electrons. The largest absolute Gasteiger partial charge is 0.387 e. The molecule has 4 rings (SSSR count). The van der Waals surface area contributed by atoms with Gasteiger partial charge in [0.2, 0.25) is 0 Å². The van der Waals surface area contributed by atoms with Crippen LogP contribution < -0.4 is 11.2 Å². The Morgan fingerprint density at radius 3 is 2.78 bits per heavy atom. The maximum Gasteiger partial charge on any atom is 0.330 e. The van der Waals surface area contributed by atoms with Crippen LogP contribution in [0.3, 0.4) is 0 Å². The Morgan fingerprint density at radius 2 is 2.04 bits per heavy atom. The van der Waals surface area contributed by atoms with Gasteiger partial charge < -0.3 is 14.6 Å². The first-order valence-corrected chi connectivity index (χ1v) is 9.38. The molecule has 3 unspecified atom stereocenters. The summed E-state index contributed by atoms with van der Waals surface area (Å²) in [7, 11) is 0. The topological polar surface area (TPSA) is 93.6 Å². The lowest BCUT2D eigenvalue weighted by Crippen LogP contribution is -2.34. The summed E-state index contributed by atoms with van der Waals surface area (Å²) in [4.78, 5) is 27.4. The highest BCUT2D eigenvalue weighted by atomic mass is 32.1. The number of nitrogens with zero attached hydrogens (tertiary/aromatic N) is 1. The molecule has 8 heteroatoms. The smallest absolute Gasteiger partial charge is 0.330 e. The molecule has 0 amide bonds. The van der Waals surface area contributed by atoms with Crippen LogP contribution in [0.2, 0.25) is 0 Å². The van der Waals surface area contributed by atoms with Gasteiger partial charge in [0, 0.05) is 17.5 Å². The molecule has 3 aromatic rings. The van der Waals surface area contributed by atoms with Gasteiger partial charge in [-0.2, -0.15) is 0 Å². The molecule has 1 saturated heterocycles. The second-order valence-corrected chi connectivity index (χ2v) is 7.18. The number of H-pyrrole nitrogens is 1. The highest BCUT2D eigenvalue weighted by Gasteiger charge is 2.33. The van der Waals surface area contributed by atoms with Crippen molar-refractivity contribution in [1.82, 2.24) is 9.55 Å². The number of nitrogens with one attached hydrogen (secondary N) is 1. The normalized spacial score (nSPS) is 20.6. The number of thiophene rings is 1. The van der Waals surface area contributed by atoms with E-state index in [0.717, 1.165) is 10.4 Å². The fourth-order valence-corrected chi connectivity index (χ4v) is 3.75. The van der Waals surface area contributed by atoms with Gasteiger partial charge in [0.25, 0.3) is 5.56 Å². The lowest BCUT2D eigenvalue weighted by molar-refractivity contribution is -0.138. The lowest BCUT2D eigenvalue weighted by atomic mass is 10.1. The van der Waals surface area contributed by atoms with E-state index in [1.54, 1.807) is 0 Å². The zero-order valence-electron chi connectivity index (χ0n) is 14.3. The Hall–Kier alpha value is -2.52. The molecule has 1 fully saturated rings. The van der Waals surface area contributed by atoms with Gasteiger partial charge in [0.1, 0.15) is 6.10 Å². The predicted octanol–water partition coefficient (Wildman–Crippen LogP) is 1.74. The van der Waals surface area contributed by atoms with Gasteiger partial charge in [-0.05, 0) is 17.0 Å². The van der Waals surface area contributed by atoms with E-state index in [4.69, 9.17) is 9.47 Å². The Balaban J connectivity index is 1.53. The Kier molecular flexibility index (Phi) is 5.04. The maximum absolute atomic E-state index is 12.2. The van der Waals surface area contributed by atoms with Crippen molar-refractivity contribution >= 4 is 11.3 Å². The number of aromatic amines is 1. The van der Waals surface area contributed by atoms with Crippen molar-refractivity contribution in [3.05, 3.63) is 80.4 Å². The Labute approximate surface area is 158 Å². The standard InChI is InChI=1S/C19H18N2O5S/c22-14(9-12-5-2-1-3-6-12)18-25-11-16(26-18)21-10-13(15-7-4-8-27-15)17(23)20-19(21)24/h1-8,10,14,16,18,22H,9,11H2,(H,20,23,24). The van der Waals surface area contributed by atoms with Crippen LogP contribution >= 0.6 is 11.3 Å². The SMILES string of the molecule is O=c1[nH]c(=O)n(C2COC(C(O)Cc3ccccc3)O2)cc1-c1cccs1. The van der Waals surface area contributed by atoms with E-state index in [0.29, 0.717) is 12.0 Å². The number of aliphatic hydroxyl groups is 1. The zero-order valence-corrected chi connectivity index (χ0v) is 15.1. The van der Waals surface area contributed by atoms with Crippen LogP contribution in [0, 0.1) is 0 Å². The lowest BCUT2D eigenvalue weighted by Gasteiger charge is -2.18. The third kappa shape index (κ3) is 3.79. The molecule has 0 bridgehead atoms. The van der Waals surface area contributed by atoms with Gasteiger partial charge in [0.05, 0.1) is 12.2 Å². The van der Waals surface area contributed by atoms with Crippen molar-refractivity contribution < 1.29 is 14.6 Å². The molecule has 1 aliphatic rings. The first kappa shape index (κ1) is 17.9. The van der Waals surface area contributed by atoms with E-state index < -0.39 is 29.9 Å². The summed E-state index contributed by atoms with van der Waals surface area (Å²) in [5, 5.41) is 12.2. The molecule has 3 heterocycles. The monoisotopic (exact) mass is 386 g/mol. The number of benzene rings is 1. The van der Waals surface area contributed by atoms with E-state index in [2.05, 4.69) is 4.98 Å². The third-order valence-electron chi connectivity index (χ3n) is 4.36. The molecule has 27 heavy (non-hydrogen) atoms. The van der Waals surface area contributed by atoms with Gasteiger partial charge in [-0.25, -0.2) is 4.79 Å². The van der Waals surface area contributed by atoms with E-state index in [1.165, 1.54) is 22.1 Å². The number of hydrogen-bond acceptors (Lipinski definition) is 6. The molecule has 2 aromatic heterocycles. The molecule has 0 aliphatic carbocycles. The molecule has 1 aromatic carbocycles. The number of rotatable bonds is 5. The maximum atomic E-state index is 12.2. The molecular weight excluding hydrogens is 368 g/mol. The van der Waals surface area contributed by atoms with Crippen molar-refractivity contribution in [3.8, 4) is 10.4 Å². The second-order valence-electron chi connectivity index (χ2n) is 6.24. The van der Waals surface area contributed by atoms with Gasteiger partial charge in [-0.1, -0.05) is 36.4 Å². The molecule has 2 N–H and O–H groups in total. The molecule has 7 nitrogen and oxygen atoms in total. The Morgan fingerprint density at radius 1 is 1.22 bits per heavy atom. The minimum Gasteiger partial charge on any atom is -0.387 e. The summed E-state index contributed by atoms with van der Waals surface area (Å²) in [6, 6.07) is 13.2. The number of hydrogen-bond donors (Lipinski definition) is 2. The van der Waals surface area contributed by atoms with Gasteiger partial charge in [0.15, 0.2) is 12.5 Å². The zero-order chi connectivity index (χ0) is 18.8. The van der Waals surface area contributed by atoms with Gasteiger partial charge in [-0.3, -0.25) is 14.3 Å². The fraction of sp³-hybridized carbons (Fsp3) is 0.263. The average Bonchev–Trinajstić information content (AvgIpc) is 3.35. The minimum absolute atomic E-state index is 0.104. The number of ether oxygens (including phenoxy) is 2. The number of aliphatic hydroxyl groups excluding tert-OH is 1. The van der Waals surface area contributed by atoms with Crippen molar-refractivity contribution in [2.24, 2.45) is 0 Å². The fourth-order valence-electron chi connectivity index (χ4n) is 3.02. The third-order valence-corrected chi connectivity index (χ3v) is 5.26. The highest BCUT2D eigenvalue weighted by molar-refractivity contribution is 7.13. The quantitative estimate of drug-likeness (QED) is 0.697. The second kappa shape index (κ2) is 7.61. The van der Waals surface area contributed by atoms with Crippen LogP contribution in [-0.4, -0.2) is 33.7 Å². The molecule has 0 spiro atoms. The first-order chi connectivity index (χ1) is 13.1. The van der Waals surface area contributed by atoms with E-state index >= 15 is 0 Å². The van der Waals surface area contributed by atoms with Crippen molar-refractivity contribution in [3.63, 3.8) is 0 Å². The van der Waals surface area contributed by atoms with E-state index in [1.807, 2.05) is 47.8 Å². The van der Waals surface area contributed by atoms with Crippen LogP contribution in [0.15, 0.2) is 63.6 Å². The summed E-state index contributed by atoms with van der Waals surface area (Å²) >= 11 is 1.41. The van der Waals surface area contributed by atoms with Crippen LogP contribution in [0.25, 0.3) is 10.4 Å². The molecule has 0 saturated carbocycles. The highest BCUT2D eigenvalue weighted by Crippen LogP contribution is 2.25. The van der Waals surface area contributed by atoms with Crippen molar-refractivity contribution in [1.29, 1.82) is 0 Å². The first-order valence-electron chi connectivity index (χ1n) is 8.50. The van der Waals surface area contributed by atoms with E-state index in [-0.39, 0.29) is 6.61 Å². The van der Waals surface area contributed by atoms with Crippen LogP contribution in [0.5, 0.6) is 0 Å². The summed E-state index contributed by atoms with van der Waals surface area (Å²) < 4.78 is 12.6. The average molecular weight is 386 g/mol. The molecule has 0 radical (unpaired) electrons. The van der Waals surface area contributed by atoms with Crippen LogP contribution in [0.4, 0.5) is 0 Å². The van der Waals surface area contributed by atoms with Crippen molar-refractivity contribution in [2.75, 3.05) is 6.61 Å². The van der Waals surface area contributed by atoms with Crippen LogP contribution in [-0.2, 0) is 15.9 Å². The molecule has 1 aliphatic heterocycles. The summed E-state index contributed by atoms with van der Waals surface area (Å²) in [6.45, 7) is 0.104. The molecule has 3 atom stereocenters.